The Balaban J connectivity index is 3.08. The summed E-state index contributed by atoms with van der Waals surface area (Å²) >= 11 is 0. The second-order valence-corrected chi connectivity index (χ2v) is 11.6. The van der Waals surface area contributed by atoms with Gasteiger partial charge in [0, 0.05) is 52.4 Å². The van der Waals surface area contributed by atoms with E-state index in [1.807, 2.05) is 21.6 Å². The Bertz CT molecular complexity index is 649. The quantitative estimate of drug-likeness (QED) is 0.193. The van der Waals surface area contributed by atoms with Crippen LogP contribution in [0.3, 0.4) is 0 Å². The van der Waals surface area contributed by atoms with Crippen LogP contribution in [0.5, 0.6) is 0 Å². The molecule has 1 atom stereocenters. The van der Waals surface area contributed by atoms with Crippen molar-refractivity contribution < 1.29 is 38.0 Å². The SMILES string of the molecule is CCOC(=O)CN1CCN(CC(=O)OCC)CCN(C[P+](C)(O)OCC)CCN(CC(=O)OCC)CC1. The smallest absolute Gasteiger partial charge is 0.320 e. The van der Waals surface area contributed by atoms with Gasteiger partial charge in [-0.2, -0.15) is 0 Å². The van der Waals surface area contributed by atoms with Gasteiger partial charge in [-0.05, 0) is 27.7 Å². The van der Waals surface area contributed by atoms with E-state index in [1.54, 1.807) is 27.4 Å². The van der Waals surface area contributed by atoms with Gasteiger partial charge in [-0.3, -0.25) is 34.0 Å². The minimum atomic E-state index is -2.59. The number of esters is 3. The summed E-state index contributed by atoms with van der Waals surface area (Å²) in [7, 11) is -2.59. The van der Waals surface area contributed by atoms with Gasteiger partial charge >= 0.3 is 17.9 Å². The average molecular weight is 552 g/mol. The fraction of sp³-hybridized carbons (Fsp3) is 0.875. The number of rotatable bonds is 13. The van der Waals surface area contributed by atoms with Crippen molar-refractivity contribution in [2.24, 2.45) is 0 Å². The predicted molar refractivity (Wildman–Crippen MR) is 142 cm³/mol. The van der Waals surface area contributed by atoms with Crippen molar-refractivity contribution >= 4 is 25.6 Å². The molecule has 0 aromatic rings. The van der Waals surface area contributed by atoms with Gasteiger partial charge in [0.05, 0.1) is 46.1 Å². The van der Waals surface area contributed by atoms with Gasteiger partial charge in [0.15, 0.2) is 6.29 Å². The second-order valence-electron chi connectivity index (χ2n) is 8.97. The number of carbonyl (C=O) groups excluding carboxylic acids is 3. The molecule has 1 unspecified atom stereocenters. The van der Waals surface area contributed by atoms with Crippen molar-refractivity contribution in [1.82, 2.24) is 19.6 Å². The highest BCUT2D eigenvalue weighted by Gasteiger charge is 2.34. The molecule has 1 fully saturated rings. The van der Waals surface area contributed by atoms with Crippen molar-refractivity contribution in [3.8, 4) is 0 Å². The third-order valence-electron chi connectivity index (χ3n) is 5.77. The summed E-state index contributed by atoms with van der Waals surface area (Å²) in [6.07, 6.45) is 0.385. The Hall–Kier alpha value is -1.40. The molecule has 216 valence electrons. The van der Waals surface area contributed by atoms with Crippen molar-refractivity contribution in [1.29, 1.82) is 0 Å². The zero-order valence-electron chi connectivity index (χ0n) is 23.4. The van der Waals surface area contributed by atoms with E-state index in [0.717, 1.165) is 0 Å². The first-order valence-corrected chi connectivity index (χ1v) is 15.5. The average Bonchev–Trinajstić information content (AvgIpc) is 2.81. The topological polar surface area (TPSA) is 121 Å². The van der Waals surface area contributed by atoms with Gasteiger partial charge in [0.25, 0.3) is 7.72 Å². The third kappa shape index (κ3) is 15.6. The Morgan fingerprint density at radius 2 is 0.892 bits per heavy atom. The van der Waals surface area contributed by atoms with Crippen LogP contribution in [-0.2, 0) is 33.1 Å². The molecule has 0 spiro atoms. The Kier molecular flexibility index (Phi) is 17.1. The summed E-state index contributed by atoms with van der Waals surface area (Å²) in [5.41, 5.74) is 0. The summed E-state index contributed by atoms with van der Waals surface area (Å²) in [4.78, 5) is 55.7. The van der Waals surface area contributed by atoms with Crippen LogP contribution in [-0.4, -0.2) is 154 Å². The van der Waals surface area contributed by atoms with E-state index in [1.165, 1.54) is 0 Å². The molecule has 1 saturated heterocycles. The molecule has 0 bridgehead atoms. The lowest BCUT2D eigenvalue weighted by molar-refractivity contribution is -0.146. The third-order valence-corrected chi connectivity index (χ3v) is 7.51. The standard InChI is InChI=1S/C24H48N4O8P/c1-6-33-22(29)18-25-10-12-26(19-23(30)34-7-2)14-16-28(21-37(5,32)36-9-4)17-15-27(13-11-25)20-24(31)35-8-3/h32H,6-21H2,1-5H3/q+1. The van der Waals surface area contributed by atoms with Crippen molar-refractivity contribution in [3.63, 3.8) is 0 Å². The number of carbonyl (C=O) groups is 3. The molecule has 1 N–H and O–H groups in total. The maximum absolute atomic E-state index is 12.3. The highest BCUT2D eigenvalue weighted by Crippen LogP contribution is 2.51. The van der Waals surface area contributed by atoms with Crippen molar-refractivity contribution in [3.05, 3.63) is 0 Å². The van der Waals surface area contributed by atoms with Gasteiger partial charge in [-0.25, -0.2) is 9.42 Å². The van der Waals surface area contributed by atoms with Crippen LogP contribution in [0.4, 0.5) is 0 Å². The van der Waals surface area contributed by atoms with E-state index < -0.39 is 7.72 Å². The molecule has 0 aromatic heterocycles. The molecule has 12 nitrogen and oxygen atoms in total. The first kappa shape index (κ1) is 33.6. The fourth-order valence-corrected chi connectivity index (χ4v) is 5.71. The Labute approximate surface area is 222 Å². The molecule has 37 heavy (non-hydrogen) atoms. The molecular weight excluding hydrogens is 503 g/mol. The second kappa shape index (κ2) is 18.8. The van der Waals surface area contributed by atoms with Crippen LogP contribution in [0.1, 0.15) is 27.7 Å². The molecule has 1 aliphatic heterocycles. The van der Waals surface area contributed by atoms with E-state index in [9.17, 15) is 19.3 Å². The van der Waals surface area contributed by atoms with Gasteiger partial charge in [-0.15, -0.1) is 0 Å². The van der Waals surface area contributed by atoms with E-state index in [2.05, 4.69) is 4.90 Å². The molecule has 0 radical (unpaired) electrons. The molecule has 0 aliphatic carbocycles. The van der Waals surface area contributed by atoms with E-state index in [0.29, 0.717) is 85.1 Å². The largest absolute Gasteiger partial charge is 0.465 e. The minimum Gasteiger partial charge on any atom is -0.465 e. The highest BCUT2D eigenvalue weighted by molar-refractivity contribution is 7.64. The normalized spacial score (nSPS) is 19.3. The number of hydrogen-bond acceptors (Lipinski definition) is 12. The minimum absolute atomic E-state index is 0.127. The summed E-state index contributed by atoms with van der Waals surface area (Å²) in [6, 6.07) is 0. The lowest BCUT2D eigenvalue weighted by Gasteiger charge is -2.33. The van der Waals surface area contributed by atoms with Gasteiger partial charge in [-0.1, -0.05) is 0 Å². The fourth-order valence-electron chi connectivity index (χ4n) is 4.05. The first-order chi connectivity index (χ1) is 17.6. The summed E-state index contributed by atoms with van der Waals surface area (Å²) in [5, 5.41) is 0. The zero-order valence-corrected chi connectivity index (χ0v) is 24.2. The predicted octanol–water partition coefficient (Wildman–Crippen LogP) is 0.361. The van der Waals surface area contributed by atoms with Crippen molar-refractivity contribution in [2.75, 3.05) is 111 Å². The molecule has 0 aromatic carbocycles. The maximum Gasteiger partial charge on any atom is 0.320 e. The van der Waals surface area contributed by atoms with E-state index in [-0.39, 0.29) is 37.5 Å². The van der Waals surface area contributed by atoms with Crippen LogP contribution in [0.25, 0.3) is 0 Å². The monoisotopic (exact) mass is 551 g/mol. The Morgan fingerprint density at radius 1 is 0.595 bits per heavy atom. The molecule has 0 amide bonds. The lowest BCUT2D eigenvalue weighted by atomic mass is 10.3. The molecule has 1 rings (SSSR count). The highest BCUT2D eigenvalue weighted by atomic mass is 31.2. The summed E-state index contributed by atoms with van der Waals surface area (Å²) in [6.45, 7) is 15.2. The number of hydrogen-bond donors (Lipinski definition) is 1. The van der Waals surface area contributed by atoms with Crippen LogP contribution in [0, 0.1) is 0 Å². The molecule has 1 heterocycles. The number of nitrogens with zero attached hydrogens (tertiary/aromatic N) is 4. The lowest BCUT2D eigenvalue weighted by Crippen LogP contribution is -2.49. The van der Waals surface area contributed by atoms with Gasteiger partial charge in [0.2, 0.25) is 0 Å². The van der Waals surface area contributed by atoms with E-state index in [4.69, 9.17) is 18.7 Å². The molecular formula is C24H48N4O8P+. The number of ether oxygens (including phenoxy) is 3. The van der Waals surface area contributed by atoms with Crippen LogP contribution in [0.2, 0.25) is 0 Å². The first-order valence-electron chi connectivity index (χ1n) is 13.2. The van der Waals surface area contributed by atoms with Crippen molar-refractivity contribution in [2.45, 2.75) is 27.7 Å². The molecule has 1 aliphatic rings. The molecule has 0 saturated carbocycles. The van der Waals surface area contributed by atoms with Crippen LogP contribution < -0.4 is 0 Å². The van der Waals surface area contributed by atoms with Crippen LogP contribution in [0.15, 0.2) is 0 Å². The van der Waals surface area contributed by atoms with Gasteiger partial charge < -0.3 is 14.2 Å². The zero-order chi connectivity index (χ0) is 27.7. The van der Waals surface area contributed by atoms with Gasteiger partial charge in [0.1, 0.15) is 6.66 Å². The summed E-state index contributed by atoms with van der Waals surface area (Å²) < 4.78 is 21.1. The maximum atomic E-state index is 12.3. The molecule has 13 heteroatoms. The Morgan fingerprint density at radius 3 is 1.16 bits per heavy atom. The van der Waals surface area contributed by atoms with E-state index >= 15 is 0 Å². The van der Waals surface area contributed by atoms with Crippen LogP contribution >= 0.6 is 7.72 Å². The summed E-state index contributed by atoms with van der Waals surface area (Å²) in [5.74, 6) is -0.906.